The van der Waals surface area contributed by atoms with E-state index < -0.39 is 0 Å². The first-order valence-corrected chi connectivity index (χ1v) is 3.45. The molecule has 0 aliphatic rings. The lowest BCUT2D eigenvalue weighted by Gasteiger charge is -1.94. The third-order valence-electron chi connectivity index (χ3n) is 1.32. The summed E-state index contributed by atoms with van der Waals surface area (Å²) in [7, 11) is 1.86. The molecule has 0 atom stereocenters. The van der Waals surface area contributed by atoms with Crippen molar-refractivity contribution in [1.29, 1.82) is 0 Å². The van der Waals surface area contributed by atoms with Gasteiger partial charge in [0.1, 0.15) is 6.29 Å². The minimum absolute atomic E-state index is 0.398. The molecule has 0 amide bonds. The van der Waals surface area contributed by atoms with Crippen LogP contribution in [0.2, 0.25) is 0 Å². The summed E-state index contributed by atoms with van der Waals surface area (Å²) in [5, 5.41) is 6.93. The molecule has 4 nitrogen and oxygen atoms in total. The SMILES string of the molecule is Cn1cc(CNCC=O)cn1. The lowest BCUT2D eigenvalue weighted by atomic mass is 10.3. The molecule has 0 unspecified atom stereocenters. The maximum absolute atomic E-state index is 9.92. The summed E-state index contributed by atoms with van der Waals surface area (Å²) in [6, 6.07) is 0. The smallest absolute Gasteiger partial charge is 0.133 e. The fraction of sp³-hybridized carbons (Fsp3) is 0.429. The van der Waals surface area contributed by atoms with Gasteiger partial charge in [0, 0.05) is 25.4 Å². The zero-order valence-corrected chi connectivity index (χ0v) is 6.45. The number of nitrogens with zero attached hydrogens (tertiary/aromatic N) is 2. The molecule has 0 aliphatic heterocycles. The molecule has 0 spiro atoms. The quantitative estimate of drug-likeness (QED) is 0.477. The van der Waals surface area contributed by atoms with Crippen LogP contribution in [0.4, 0.5) is 0 Å². The molecular formula is C7H11N3O. The minimum atomic E-state index is 0.398. The highest BCUT2D eigenvalue weighted by Gasteiger charge is 1.93. The van der Waals surface area contributed by atoms with Crippen molar-refractivity contribution in [1.82, 2.24) is 15.1 Å². The van der Waals surface area contributed by atoms with Crippen molar-refractivity contribution in [2.75, 3.05) is 6.54 Å². The Morgan fingerprint density at radius 2 is 2.64 bits per heavy atom. The largest absolute Gasteiger partial charge is 0.306 e. The highest BCUT2D eigenvalue weighted by molar-refractivity contribution is 5.51. The Labute approximate surface area is 65.2 Å². The molecule has 0 saturated carbocycles. The number of aromatic nitrogens is 2. The van der Waals surface area contributed by atoms with Crippen molar-refractivity contribution in [3.05, 3.63) is 18.0 Å². The monoisotopic (exact) mass is 153 g/mol. The van der Waals surface area contributed by atoms with Crippen molar-refractivity contribution in [2.45, 2.75) is 6.54 Å². The van der Waals surface area contributed by atoms with Crippen molar-refractivity contribution in [3.8, 4) is 0 Å². The van der Waals surface area contributed by atoms with Gasteiger partial charge in [0.05, 0.1) is 12.7 Å². The van der Waals surface area contributed by atoms with Crippen LogP contribution in [0, 0.1) is 0 Å². The Bertz CT molecular complexity index is 231. The van der Waals surface area contributed by atoms with Crippen LogP contribution in [-0.2, 0) is 18.4 Å². The Hall–Kier alpha value is -1.16. The number of aryl methyl sites for hydroxylation is 1. The molecule has 1 aromatic rings. The topological polar surface area (TPSA) is 46.9 Å². The number of hydrogen-bond acceptors (Lipinski definition) is 3. The van der Waals surface area contributed by atoms with Gasteiger partial charge in [-0.2, -0.15) is 5.10 Å². The van der Waals surface area contributed by atoms with E-state index in [1.54, 1.807) is 10.9 Å². The summed E-state index contributed by atoms with van der Waals surface area (Å²) in [4.78, 5) is 9.92. The number of nitrogens with one attached hydrogen (secondary N) is 1. The van der Waals surface area contributed by atoms with Gasteiger partial charge in [-0.1, -0.05) is 0 Å². The molecule has 1 aromatic heterocycles. The van der Waals surface area contributed by atoms with Crippen molar-refractivity contribution in [3.63, 3.8) is 0 Å². The van der Waals surface area contributed by atoms with E-state index >= 15 is 0 Å². The third kappa shape index (κ3) is 2.51. The summed E-state index contributed by atoms with van der Waals surface area (Å²) in [5.74, 6) is 0. The number of hydrogen-bond donors (Lipinski definition) is 1. The van der Waals surface area contributed by atoms with Crippen LogP contribution in [0.25, 0.3) is 0 Å². The second-order valence-electron chi connectivity index (χ2n) is 2.32. The third-order valence-corrected chi connectivity index (χ3v) is 1.32. The minimum Gasteiger partial charge on any atom is -0.306 e. The molecule has 1 rings (SSSR count). The van der Waals surface area contributed by atoms with Gasteiger partial charge in [0.2, 0.25) is 0 Å². The van der Waals surface area contributed by atoms with E-state index in [9.17, 15) is 4.79 Å². The van der Waals surface area contributed by atoms with Crippen molar-refractivity contribution in [2.24, 2.45) is 7.05 Å². The zero-order chi connectivity index (χ0) is 8.10. The normalized spacial score (nSPS) is 9.91. The maximum atomic E-state index is 9.92. The van der Waals surface area contributed by atoms with Gasteiger partial charge >= 0.3 is 0 Å². The van der Waals surface area contributed by atoms with E-state index in [2.05, 4.69) is 10.4 Å². The van der Waals surface area contributed by atoms with Crippen LogP contribution >= 0.6 is 0 Å². The summed E-state index contributed by atoms with van der Waals surface area (Å²) >= 11 is 0. The van der Waals surface area contributed by atoms with Gasteiger partial charge in [-0.25, -0.2) is 0 Å². The molecule has 0 aromatic carbocycles. The summed E-state index contributed by atoms with van der Waals surface area (Å²) in [6.45, 7) is 1.10. The molecular weight excluding hydrogens is 142 g/mol. The first-order chi connectivity index (χ1) is 5.33. The van der Waals surface area contributed by atoms with Gasteiger partial charge < -0.3 is 10.1 Å². The fourth-order valence-electron chi connectivity index (χ4n) is 0.839. The molecule has 0 bridgehead atoms. The fourth-order valence-corrected chi connectivity index (χ4v) is 0.839. The highest BCUT2D eigenvalue weighted by Crippen LogP contribution is 1.93. The second kappa shape index (κ2) is 3.88. The molecule has 1 heterocycles. The zero-order valence-electron chi connectivity index (χ0n) is 6.45. The molecule has 0 fully saturated rings. The Morgan fingerprint density at radius 3 is 3.18 bits per heavy atom. The molecule has 4 heteroatoms. The number of carbonyl (C=O) groups excluding carboxylic acids is 1. The van der Waals surface area contributed by atoms with Crippen molar-refractivity contribution >= 4 is 6.29 Å². The van der Waals surface area contributed by atoms with E-state index in [-0.39, 0.29) is 0 Å². The lowest BCUT2D eigenvalue weighted by Crippen LogP contribution is -2.14. The van der Waals surface area contributed by atoms with Crippen molar-refractivity contribution < 1.29 is 4.79 Å². The van der Waals surface area contributed by atoms with Gasteiger partial charge in [-0.05, 0) is 0 Å². The van der Waals surface area contributed by atoms with E-state index in [0.717, 1.165) is 11.8 Å². The summed E-state index contributed by atoms with van der Waals surface area (Å²) in [6.07, 6.45) is 4.53. The van der Waals surface area contributed by atoms with E-state index in [0.29, 0.717) is 13.1 Å². The van der Waals surface area contributed by atoms with Crippen LogP contribution < -0.4 is 5.32 Å². The average molecular weight is 153 g/mol. The van der Waals surface area contributed by atoms with Gasteiger partial charge in [0.15, 0.2) is 0 Å². The van der Waals surface area contributed by atoms with Crippen LogP contribution in [0.3, 0.4) is 0 Å². The molecule has 11 heavy (non-hydrogen) atoms. The van der Waals surface area contributed by atoms with E-state index in [4.69, 9.17) is 0 Å². The second-order valence-corrected chi connectivity index (χ2v) is 2.32. The molecule has 0 saturated heterocycles. The Kier molecular flexibility index (Phi) is 2.80. The molecule has 1 N–H and O–H groups in total. The van der Waals surface area contributed by atoms with Crippen LogP contribution in [-0.4, -0.2) is 22.6 Å². The Balaban J connectivity index is 2.32. The Morgan fingerprint density at radius 1 is 1.82 bits per heavy atom. The lowest BCUT2D eigenvalue weighted by molar-refractivity contribution is -0.107. The molecule has 0 radical (unpaired) electrons. The van der Waals surface area contributed by atoms with Crippen LogP contribution in [0.15, 0.2) is 12.4 Å². The summed E-state index contributed by atoms with van der Waals surface area (Å²) in [5.41, 5.74) is 1.09. The van der Waals surface area contributed by atoms with Gasteiger partial charge in [-0.15, -0.1) is 0 Å². The van der Waals surface area contributed by atoms with E-state index in [1.807, 2.05) is 13.2 Å². The predicted octanol–water partition coefficient (Wildman–Crippen LogP) is -0.291. The summed E-state index contributed by atoms with van der Waals surface area (Å²) < 4.78 is 1.73. The van der Waals surface area contributed by atoms with Crippen LogP contribution in [0.1, 0.15) is 5.56 Å². The highest BCUT2D eigenvalue weighted by atomic mass is 16.1. The first kappa shape index (κ1) is 7.94. The first-order valence-electron chi connectivity index (χ1n) is 3.45. The van der Waals surface area contributed by atoms with E-state index in [1.165, 1.54) is 0 Å². The molecule has 60 valence electrons. The van der Waals surface area contributed by atoms with Gasteiger partial charge in [-0.3, -0.25) is 4.68 Å². The number of aldehydes is 1. The number of carbonyl (C=O) groups is 1. The maximum Gasteiger partial charge on any atom is 0.133 e. The van der Waals surface area contributed by atoms with Gasteiger partial charge in [0.25, 0.3) is 0 Å². The van der Waals surface area contributed by atoms with Crippen LogP contribution in [0.5, 0.6) is 0 Å². The predicted molar refractivity (Wildman–Crippen MR) is 41.0 cm³/mol. The standard InChI is InChI=1S/C7H11N3O/c1-10-6-7(5-9-10)4-8-2-3-11/h3,5-6,8H,2,4H2,1H3. The molecule has 0 aliphatic carbocycles. The number of rotatable bonds is 4. The average Bonchev–Trinajstić information content (AvgIpc) is 2.37.